The maximum atomic E-state index is 12.4. The Bertz CT molecular complexity index is 769. The van der Waals surface area contributed by atoms with Crippen molar-refractivity contribution in [2.75, 3.05) is 0 Å². The highest BCUT2D eigenvalue weighted by Gasteiger charge is 3.00. The highest BCUT2D eigenvalue weighted by Crippen LogP contribution is 2.84. The van der Waals surface area contributed by atoms with Crippen molar-refractivity contribution in [3.8, 4) is 18.2 Å². The van der Waals surface area contributed by atoms with Gasteiger partial charge < -0.3 is 11.1 Å². The summed E-state index contributed by atoms with van der Waals surface area (Å²) in [4.78, 5) is 12.4. The number of carbonyl (C=O) groups is 1. The van der Waals surface area contributed by atoms with Crippen molar-refractivity contribution in [3.63, 3.8) is 0 Å². The van der Waals surface area contributed by atoms with E-state index in [1.54, 1.807) is 37.3 Å². The number of carbonyl (C=O) groups excluding carboxylic acids is 1. The van der Waals surface area contributed by atoms with E-state index in [2.05, 4.69) is 5.32 Å². The Morgan fingerprint density at radius 2 is 1.67 bits per heavy atom. The zero-order valence-corrected chi connectivity index (χ0v) is 11.2. The number of nitrogens with two attached hydrogens (primary N) is 1. The van der Waals surface area contributed by atoms with E-state index < -0.39 is 27.8 Å². The molecule has 1 aromatic rings. The molecule has 1 aromatic carbocycles. The van der Waals surface area contributed by atoms with Crippen LogP contribution in [0.15, 0.2) is 30.3 Å². The lowest BCUT2D eigenvalue weighted by atomic mass is 9.79. The first-order chi connectivity index (χ1) is 9.91. The molecular weight excluding hydrogens is 266 g/mol. The summed E-state index contributed by atoms with van der Waals surface area (Å²) in [6.45, 7) is 1.55. The van der Waals surface area contributed by atoms with Crippen molar-refractivity contribution in [2.24, 2.45) is 22.0 Å². The number of hydrogen-bond acceptors (Lipinski definition) is 5. The maximum absolute atomic E-state index is 12.4. The quantitative estimate of drug-likeness (QED) is 0.772. The molecule has 3 rings (SSSR count). The molecule has 102 valence electrons. The van der Waals surface area contributed by atoms with Crippen molar-refractivity contribution in [1.82, 2.24) is 5.32 Å². The zero-order chi connectivity index (χ0) is 15.5. The van der Waals surface area contributed by atoms with Crippen LogP contribution >= 0.6 is 0 Å². The molecule has 1 aliphatic heterocycles. The number of rotatable bonds is 1. The third-order valence-corrected chi connectivity index (χ3v) is 5.17. The molecule has 3 N–H and O–H groups in total. The second-order valence-corrected chi connectivity index (χ2v) is 5.59. The van der Waals surface area contributed by atoms with E-state index in [1.165, 1.54) is 0 Å². The summed E-state index contributed by atoms with van der Waals surface area (Å²) < 4.78 is 0. The maximum Gasteiger partial charge on any atom is 0.245 e. The fraction of sp³-hybridized carbons (Fsp3) is 0.333. The third-order valence-electron chi connectivity index (χ3n) is 5.17. The summed E-state index contributed by atoms with van der Waals surface area (Å²) in [7, 11) is 0. The summed E-state index contributed by atoms with van der Waals surface area (Å²) >= 11 is 0. The monoisotopic (exact) mass is 277 g/mol. The average molecular weight is 277 g/mol. The Kier molecular flexibility index (Phi) is 2.13. The van der Waals surface area contributed by atoms with Gasteiger partial charge in [-0.1, -0.05) is 37.3 Å². The van der Waals surface area contributed by atoms with Gasteiger partial charge in [0.15, 0.2) is 10.8 Å². The Hall–Kier alpha value is -2.88. The SMILES string of the molecule is C[C@@]12C(C#N)(C#N)[C@@]1(C#N)C(=O)N[C@]2(N)c1ccccc1. The average Bonchev–Trinajstić information content (AvgIpc) is 2.96. The van der Waals surface area contributed by atoms with Gasteiger partial charge in [-0.3, -0.25) is 4.79 Å². The van der Waals surface area contributed by atoms with Crippen LogP contribution in [0.5, 0.6) is 0 Å². The van der Waals surface area contributed by atoms with E-state index >= 15 is 0 Å². The van der Waals surface area contributed by atoms with Gasteiger partial charge in [-0.25, -0.2) is 0 Å². The van der Waals surface area contributed by atoms with Crippen LogP contribution in [0.2, 0.25) is 0 Å². The summed E-state index contributed by atoms with van der Waals surface area (Å²) in [5.41, 5.74) is 0.709. The topological polar surface area (TPSA) is 126 Å². The molecule has 1 heterocycles. The molecular formula is C15H11N5O. The van der Waals surface area contributed by atoms with Crippen LogP contribution in [0.1, 0.15) is 12.5 Å². The van der Waals surface area contributed by atoms with Gasteiger partial charge >= 0.3 is 0 Å². The third kappa shape index (κ3) is 0.923. The van der Waals surface area contributed by atoms with Crippen LogP contribution in [0.3, 0.4) is 0 Å². The standard InChI is InChI=1S/C15H11N5O/c1-12-13(7-16,8-17)14(12,9-18)11(21)20-15(12,19)10-5-3-2-4-6-10/h2-6H,19H2,1H3,(H,20,21)/t12-,14+,15-/m1/s1. The van der Waals surface area contributed by atoms with E-state index in [4.69, 9.17) is 5.73 Å². The minimum atomic E-state index is -1.75. The summed E-state index contributed by atoms with van der Waals surface area (Å²) in [5.74, 6) is -0.665. The van der Waals surface area contributed by atoms with Crippen molar-refractivity contribution in [2.45, 2.75) is 12.6 Å². The van der Waals surface area contributed by atoms with E-state index in [0.29, 0.717) is 5.56 Å². The number of nitriles is 3. The minimum absolute atomic E-state index is 0.561. The van der Waals surface area contributed by atoms with Crippen molar-refractivity contribution >= 4 is 5.91 Å². The molecule has 1 aliphatic carbocycles. The van der Waals surface area contributed by atoms with E-state index in [1.807, 2.05) is 18.2 Å². The Labute approximate surface area is 121 Å². The lowest BCUT2D eigenvalue weighted by Gasteiger charge is -2.34. The fourth-order valence-electron chi connectivity index (χ4n) is 3.83. The number of nitrogens with zero attached hydrogens (tertiary/aromatic N) is 3. The molecule has 21 heavy (non-hydrogen) atoms. The molecule has 0 unspecified atom stereocenters. The van der Waals surface area contributed by atoms with Crippen LogP contribution in [0, 0.1) is 50.2 Å². The van der Waals surface area contributed by atoms with E-state index in [9.17, 15) is 20.6 Å². The number of nitrogens with one attached hydrogen (secondary N) is 1. The van der Waals surface area contributed by atoms with Gasteiger partial charge in [-0.2, -0.15) is 15.8 Å². The lowest BCUT2D eigenvalue weighted by molar-refractivity contribution is -0.124. The van der Waals surface area contributed by atoms with E-state index in [0.717, 1.165) is 0 Å². The van der Waals surface area contributed by atoms with Crippen LogP contribution in [-0.2, 0) is 10.5 Å². The van der Waals surface area contributed by atoms with Crippen molar-refractivity contribution < 1.29 is 4.79 Å². The first kappa shape index (κ1) is 13.1. The van der Waals surface area contributed by atoms with Gasteiger partial charge in [-0.05, 0) is 5.56 Å². The molecule has 0 radical (unpaired) electrons. The molecule has 6 heteroatoms. The Morgan fingerprint density at radius 1 is 1.10 bits per heavy atom. The lowest BCUT2D eigenvalue weighted by Crippen LogP contribution is -2.56. The van der Waals surface area contributed by atoms with Gasteiger partial charge in [0.25, 0.3) is 0 Å². The number of hydrogen-bond donors (Lipinski definition) is 2. The molecule has 1 saturated carbocycles. The van der Waals surface area contributed by atoms with Gasteiger partial charge in [-0.15, -0.1) is 0 Å². The van der Waals surface area contributed by atoms with Crippen LogP contribution < -0.4 is 11.1 Å². The predicted molar refractivity (Wildman–Crippen MR) is 70.3 cm³/mol. The zero-order valence-electron chi connectivity index (χ0n) is 11.2. The molecule has 1 amide bonds. The normalized spacial score (nSPS) is 38.3. The number of amides is 1. The second kappa shape index (κ2) is 3.41. The van der Waals surface area contributed by atoms with Crippen LogP contribution in [0.4, 0.5) is 0 Å². The van der Waals surface area contributed by atoms with Crippen LogP contribution in [-0.4, -0.2) is 5.91 Å². The largest absolute Gasteiger partial charge is 0.332 e. The molecule has 0 bridgehead atoms. The Morgan fingerprint density at radius 3 is 2.10 bits per heavy atom. The minimum Gasteiger partial charge on any atom is -0.332 e. The van der Waals surface area contributed by atoms with Gasteiger partial charge in [0.2, 0.25) is 5.91 Å². The predicted octanol–water partition coefficient (Wildman–Crippen LogP) is 0.491. The smallest absolute Gasteiger partial charge is 0.245 e. The molecule has 2 fully saturated rings. The summed E-state index contributed by atoms with van der Waals surface area (Å²) in [6, 6.07) is 14.3. The molecule has 3 atom stereocenters. The highest BCUT2D eigenvalue weighted by molar-refractivity contribution is 5.99. The molecule has 0 aromatic heterocycles. The van der Waals surface area contributed by atoms with Crippen molar-refractivity contribution in [1.29, 1.82) is 15.8 Å². The Balaban J connectivity index is 2.32. The summed E-state index contributed by atoms with van der Waals surface area (Å²) in [6.07, 6.45) is 0. The van der Waals surface area contributed by atoms with Gasteiger partial charge in [0.1, 0.15) is 5.66 Å². The molecule has 6 nitrogen and oxygen atoms in total. The molecule has 2 aliphatic rings. The molecule has 1 saturated heterocycles. The number of benzene rings is 1. The molecule has 0 spiro atoms. The first-order valence-corrected chi connectivity index (χ1v) is 6.32. The van der Waals surface area contributed by atoms with Gasteiger partial charge in [0.05, 0.1) is 23.6 Å². The number of fused-ring (bicyclic) bond motifs is 1. The van der Waals surface area contributed by atoms with E-state index in [-0.39, 0.29) is 0 Å². The second-order valence-electron chi connectivity index (χ2n) is 5.59. The van der Waals surface area contributed by atoms with Crippen molar-refractivity contribution in [3.05, 3.63) is 35.9 Å². The fourth-order valence-corrected chi connectivity index (χ4v) is 3.83. The highest BCUT2D eigenvalue weighted by atomic mass is 16.2. The van der Waals surface area contributed by atoms with Crippen LogP contribution in [0.25, 0.3) is 0 Å². The first-order valence-electron chi connectivity index (χ1n) is 6.32. The number of piperidine rings is 1. The summed E-state index contributed by atoms with van der Waals surface area (Å²) in [5, 5.41) is 31.1. The van der Waals surface area contributed by atoms with Gasteiger partial charge in [0, 0.05) is 0 Å².